The van der Waals surface area contributed by atoms with E-state index in [0.717, 1.165) is 26.6 Å². The molecular weight excluding hydrogens is 530 g/mol. The molecule has 0 fully saturated rings. The third-order valence-electron chi connectivity index (χ3n) is 4.58. The number of hydrogen-bond acceptors (Lipinski definition) is 8. The van der Waals surface area contributed by atoms with Crippen molar-refractivity contribution in [1.29, 1.82) is 0 Å². The van der Waals surface area contributed by atoms with Gasteiger partial charge < -0.3 is 0 Å². The summed E-state index contributed by atoms with van der Waals surface area (Å²) >= 11 is 11.8. The van der Waals surface area contributed by atoms with Gasteiger partial charge in [-0.05, 0) is 0 Å². The molecule has 0 bridgehead atoms. The van der Waals surface area contributed by atoms with Crippen LogP contribution in [0.2, 0.25) is 15.3 Å². The Morgan fingerprint density at radius 3 is 2.70 bits per heavy atom. The summed E-state index contributed by atoms with van der Waals surface area (Å²) in [5.41, 5.74) is 8.45. The fourth-order valence-electron chi connectivity index (χ4n) is 3.04. The first-order chi connectivity index (χ1) is 15.9. The third-order valence-corrected chi connectivity index (χ3v) is 7.34. The van der Waals surface area contributed by atoms with E-state index in [0.29, 0.717) is 28.1 Å². The molecule has 0 aliphatic rings. The number of nitrogen functional groups attached to an aromatic ring is 1. The maximum atomic E-state index is 10.9. The van der Waals surface area contributed by atoms with E-state index in [4.69, 9.17) is 33.9 Å². The zero-order valence-corrected chi connectivity index (χ0v) is 20.5. The number of benzene rings is 1. The molecule has 10 nitrogen and oxygen atoms in total. The van der Waals surface area contributed by atoms with E-state index >= 15 is 0 Å². The summed E-state index contributed by atoms with van der Waals surface area (Å²) in [4.78, 5) is 30.8. The first kappa shape index (κ1) is 23.0. The molecule has 0 amide bonds. The van der Waals surface area contributed by atoms with Crippen LogP contribution in [0.25, 0.3) is 22.5 Å². The predicted octanol–water partition coefficient (Wildman–Crippen LogP) is 3.32. The minimum absolute atomic E-state index is 0.122. The van der Waals surface area contributed by atoms with E-state index in [1.54, 1.807) is 30.9 Å². The van der Waals surface area contributed by atoms with Crippen molar-refractivity contribution in [2.75, 3.05) is 17.6 Å². The van der Waals surface area contributed by atoms with Crippen LogP contribution >= 0.6 is 23.2 Å². The number of aromatic amines is 1. The van der Waals surface area contributed by atoms with Gasteiger partial charge in [-0.3, -0.25) is 0 Å². The first-order valence-corrected chi connectivity index (χ1v) is 12.9. The van der Waals surface area contributed by atoms with Crippen molar-refractivity contribution < 1.29 is 4.92 Å². The van der Waals surface area contributed by atoms with Crippen molar-refractivity contribution in [3.8, 4) is 22.5 Å². The number of nitrogens with two attached hydrogens (primary N) is 1. The Labute approximate surface area is 204 Å². The molecule has 0 saturated carbocycles. The summed E-state index contributed by atoms with van der Waals surface area (Å²) in [6.45, 7) is 0.604. The van der Waals surface area contributed by atoms with Gasteiger partial charge in [0.05, 0.1) is 0 Å². The van der Waals surface area contributed by atoms with Crippen molar-refractivity contribution in [2.24, 2.45) is 0 Å². The van der Waals surface area contributed by atoms with Crippen LogP contribution in [0.15, 0.2) is 49.1 Å². The summed E-state index contributed by atoms with van der Waals surface area (Å²) in [7, 11) is 0. The molecular formula is C20H17AsCl2N8O2. The third kappa shape index (κ3) is 5.42. The van der Waals surface area contributed by atoms with Gasteiger partial charge in [0.2, 0.25) is 0 Å². The summed E-state index contributed by atoms with van der Waals surface area (Å²) in [6.07, 6.45) is 5.06. The van der Waals surface area contributed by atoms with Gasteiger partial charge in [0.15, 0.2) is 0 Å². The molecule has 13 heteroatoms. The van der Waals surface area contributed by atoms with Crippen molar-refractivity contribution in [1.82, 2.24) is 24.9 Å². The molecule has 0 aliphatic carbocycles. The summed E-state index contributed by atoms with van der Waals surface area (Å²) in [6, 6.07) is 8.15. The Bertz CT molecular complexity index is 1300. The number of nitrogens with one attached hydrogen (secondary N) is 2. The van der Waals surface area contributed by atoms with Gasteiger partial charge in [0, 0.05) is 0 Å². The van der Waals surface area contributed by atoms with Gasteiger partial charge in [0.1, 0.15) is 0 Å². The van der Waals surface area contributed by atoms with E-state index in [1.807, 2.05) is 6.07 Å². The van der Waals surface area contributed by atoms with Gasteiger partial charge in [-0.1, -0.05) is 0 Å². The molecule has 0 radical (unpaired) electrons. The average Bonchev–Trinajstić information content (AvgIpc) is 3.31. The average molecular weight is 547 g/mol. The van der Waals surface area contributed by atoms with Crippen LogP contribution in [0.5, 0.6) is 0 Å². The molecule has 4 rings (SSSR count). The van der Waals surface area contributed by atoms with Crippen molar-refractivity contribution in [3.05, 3.63) is 69.2 Å². The topological polar surface area (TPSA) is 149 Å². The molecule has 168 valence electrons. The number of anilines is 2. The maximum absolute atomic E-state index is 10.9. The molecule has 33 heavy (non-hydrogen) atoms. The fourth-order valence-corrected chi connectivity index (χ4v) is 5.26. The normalized spacial score (nSPS) is 11.2. The fraction of sp³-hybridized carbons (Fsp3) is 0.100. The van der Waals surface area contributed by atoms with Crippen LogP contribution in [-0.4, -0.2) is 52.1 Å². The van der Waals surface area contributed by atoms with E-state index in [-0.39, 0.29) is 11.5 Å². The Hall–Kier alpha value is -3.20. The molecule has 0 saturated heterocycles. The predicted molar refractivity (Wildman–Crippen MR) is 130 cm³/mol. The number of H-pyrrole nitrogens is 1. The summed E-state index contributed by atoms with van der Waals surface area (Å²) in [5, 5.41) is 15.8. The van der Waals surface area contributed by atoms with Crippen LogP contribution in [-0.2, 0) is 0 Å². The molecule has 0 spiro atoms. The zero-order chi connectivity index (χ0) is 23.4. The van der Waals surface area contributed by atoms with E-state index in [9.17, 15) is 10.1 Å². The summed E-state index contributed by atoms with van der Waals surface area (Å²) in [5.74, 6) is 0.358. The van der Waals surface area contributed by atoms with Crippen molar-refractivity contribution in [3.63, 3.8) is 0 Å². The summed E-state index contributed by atoms with van der Waals surface area (Å²) < 4.78 is 0.761. The van der Waals surface area contributed by atoms with Gasteiger partial charge >= 0.3 is 205 Å². The number of imidazole rings is 1. The van der Waals surface area contributed by atoms with Crippen molar-refractivity contribution in [2.45, 2.75) is 5.21 Å². The van der Waals surface area contributed by atoms with Crippen LogP contribution in [0, 0.1) is 10.1 Å². The number of pyridine rings is 1. The van der Waals surface area contributed by atoms with Crippen molar-refractivity contribution >= 4 is 60.9 Å². The van der Waals surface area contributed by atoms with E-state index in [1.165, 1.54) is 12.1 Å². The van der Waals surface area contributed by atoms with Crippen LogP contribution in [0.1, 0.15) is 0 Å². The molecule has 1 atom stereocenters. The van der Waals surface area contributed by atoms with Gasteiger partial charge in [-0.2, -0.15) is 0 Å². The molecule has 3 heterocycles. The first-order valence-electron chi connectivity index (χ1n) is 9.62. The SMILES string of the molecule is Nc1nc(NCC[AsH]c2ncc(-c3cnc[nH]3)c(-c3ccc(Cl)cc3Cl)n2)ccc1[N+](=O)[O-]. The van der Waals surface area contributed by atoms with Crippen LogP contribution in [0.3, 0.4) is 0 Å². The van der Waals surface area contributed by atoms with Gasteiger partial charge in [-0.25, -0.2) is 0 Å². The number of nitrogens with zero attached hydrogens (tertiary/aromatic N) is 5. The minimum atomic E-state index is -0.692. The number of halogens is 2. The van der Waals surface area contributed by atoms with Gasteiger partial charge in [0.25, 0.3) is 0 Å². The Balaban J connectivity index is 1.49. The molecule has 1 aromatic carbocycles. The number of rotatable bonds is 8. The Morgan fingerprint density at radius 1 is 1.15 bits per heavy atom. The Kier molecular flexibility index (Phi) is 7.07. The standard InChI is InChI=1S/C20H17AsCl2N8O2/c22-11-1-2-12(14(23)7-11)18-13(15-9-25-10-28-15)8-27-20(30-18)21-5-6-26-17-4-3-16(31(32)33)19(24)29-17/h1-4,7-10,21H,5-6H2,(H,25,28)(H3,24,26,29). The molecule has 1 unspecified atom stereocenters. The van der Waals surface area contributed by atoms with Crippen LogP contribution in [0.4, 0.5) is 17.3 Å². The van der Waals surface area contributed by atoms with E-state index in [2.05, 4.69) is 25.3 Å². The molecule has 3 aromatic heterocycles. The second-order valence-corrected chi connectivity index (χ2v) is 10.3. The Morgan fingerprint density at radius 2 is 2.00 bits per heavy atom. The quantitative estimate of drug-likeness (QED) is 0.132. The monoisotopic (exact) mass is 546 g/mol. The number of nitro groups is 1. The number of hydrogen-bond donors (Lipinski definition) is 3. The number of aromatic nitrogens is 5. The van der Waals surface area contributed by atoms with E-state index < -0.39 is 20.7 Å². The van der Waals surface area contributed by atoms with Crippen LogP contribution < -0.4 is 15.7 Å². The molecule has 0 aliphatic heterocycles. The second kappa shape index (κ2) is 10.2. The molecule has 4 N–H and O–H groups in total. The van der Waals surface area contributed by atoms with Gasteiger partial charge in [-0.15, -0.1) is 0 Å². The second-order valence-electron chi connectivity index (χ2n) is 6.76. The molecule has 4 aromatic rings. The zero-order valence-electron chi connectivity index (χ0n) is 16.9.